The van der Waals surface area contributed by atoms with E-state index in [4.69, 9.17) is 10.00 Å². The van der Waals surface area contributed by atoms with E-state index >= 15 is 0 Å². The fraction of sp³-hybridized carbons (Fsp3) is 0.412. The summed E-state index contributed by atoms with van der Waals surface area (Å²) < 4.78 is 21.7. The Morgan fingerprint density at radius 2 is 2.35 bits per heavy atom. The van der Waals surface area contributed by atoms with E-state index in [2.05, 4.69) is 10.00 Å². The van der Waals surface area contributed by atoms with Crippen LogP contribution in [0.25, 0.3) is 0 Å². The number of nitrogens with zero attached hydrogens (tertiary/aromatic N) is 4. The third-order valence-electron chi connectivity index (χ3n) is 3.95. The van der Waals surface area contributed by atoms with Gasteiger partial charge in [-0.1, -0.05) is 6.07 Å². The molecule has 1 atom stereocenters. The van der Waals surface area contributed by atoms with Gasteiger partial charge in [-0.3, -0.25) is 9.58 Å². The van der Waals surface area contributed by atoms with Gasteiger partial charge in [-0.15, -0.1) is 0 Å². The zero-order valence-electron chi connectivity index (χ0n) is 13.1. The predicted octanol–water partition coefficient (Wildman–Crippen LogP) is 2.10. The minimum atomic E-state index is -0.324. The normalized spacial score (nSPS) is 18.7. The molecule has 0 bridgehead atoms. The van der Waals surface area contributed by atoms with Crippen molar-refractivity contribution in [2.45, 2.75) is 26.1 Å². The highest BCUT2D eigenvalue weighted by molar-refractivity contribution is 5.32. The summed E-state index contributed by atoms with van der Waals surface area (Å²) in [6.07, 6.45) is 3.86. The maximum atomic E-state index is 14.0. The van der Waals surface area contributed by atoms with Crippen LogP contribution in [-0.2, 0) is 17.8 Å². The lowest BCUT2D eigenvalue weighted by atomic mass is 10.1. The number of aryl methyl sites for hydroxylation is 1. The first kappa shape index (κ1) is 15.7. The van der Waals surface area contributed by atoms with Crippen LogP contribution in [0.15, 0.2) is 30.6 Å². The second-order valence-electron chi connectivity index (χ2n) is 5.89. The van der Waals surface area contributed by atoms with Gasteiger partial charge in [0.15, 0.2) is 0 Å². The summed E-state index contributed by atoms with van der Waals surface area (Å²) in [6, 6.07) is 6.59. The van der Waals surface area contributed by atoms with Gasteiger partial charge >= 0.3 is 0 Å². The van der Waals surface area contributed by atoms with Gasteiger partial charge in [-0.25, -0.2) is 4.39 Å². The Bertz CT molecular complexity index is 722. The number of hydrogen-bond donors (Lipinski definition) is 0. The number of ether oxygens (including phenoxy) is 1. The minimum Gasteiger partial charge on any atom is -0.374 e. The maximum Gasteiger partial charge on any atom is 0.129 e. The monoisotopic (exact) mass is 314 g/mol. The molecule has 0 N–H and O–H groups in total. The van der Waals surface area contributed by atoms with Crippen LogP contribution in [0, 0.1) is 24.1 Å². The van der Waals surface area contributed by atoms with Gasteiger partial charge in [0.25, 0.3) is 0 Å². The van der Waals surface area contributed by atoms with E-state index < -0.39 is 0 Å². The molecule has 1 saturated heterocycles. The SMILES string of the molecule is Cc1cnn(CC2CN(Cc3ccc(C#N)cc3F)CCO2)c1. The van der Waals surface area contributed by atoms with Crippen LogP contribution in [0.3, 0.4) is 0 Å². The molecule has 2 aromatic rings. The first-order chi connectivity index (χ1) is 11.1. The van der Waals surface area contributed by atoms with Crippen molar-refractivity contribution in [1.82, 2.24) is 14.7 Å². The molecule has 23 heavy (non-hydrogen) atoms. The van der Waals surface area contributed by atoms with Gasteiger partial charge in [-0.2, -0.15) is 10.4 Å². The highest BCUT2D eigenvalue weighted by atomic mass is 19.1. The number of morpholine rings is 1. The number of rotatable bonds is 4. The number of nitriles is 1. The maximum absolute atomic E-state index is 14.0. The summed E-state index contributed by atoms with van der Waals surface area (Å²) in [6.45, 7) is 5.36. The number of aromatic nitrogens is 2. The Labute approximate surface area is 134 Å². The predicted molar refractivity (Wildman–Crippen MR) is 83.1 cm³/mol. The molecular formula is C17H19FN4O. The lowest BCUT2D eigenvalue weighted by molar-refractivity contribution is -0.0404. The Morgan fingerprint density at radius 1 is 1.48 bits per heavy atom. The first-order valence-corrected chi connectivity index (χ1v) is 7.65. The van der Waals surface area contributed by atoms with E-state index in [9.17, 15) is 4.39 Å². The van der Waals surface area contributed by atoms with Crippen molar-refractivity contribution in [1.29, 1.82) is 5.26 Å². The van der Waals surface area contributed by atoms with E-state index in [1.807, 2.05) is 30.1 Å². The third-order valence-corrected chi connectivity index (χ3v) is 3.95. The van der Waals surface area contributed by atoms with E-state index in [-0.39, 0.29) is 11.9 Å². The molecule has 5 nitrogen and oxygen atoms in total. The summed E-state index contributed by atoms with van der Waals surface area (Å²) in [5.74, 6) is -0.324. The van der Waals surface area contributed by atoms with E-state index in [1.54, 1.807) is 12.1 Å². The van der Waals surface area contributed by atoms with Gasteiger partial charge in [0.1, 0.15) is 5.82 Å². The molecule has 1 aliphatic rings. The van der Waals surface area contributed by atoms with Crippen LogP contribution < -0.4 is 0 Å². The van der Waals surface area contributed by atoms with Crippen molar-refractivity contribution in [3.8, 4) is 6.07 Å². The Morgan fingerprint density at radius 3 is 3.04 bits per heavy atom. The average Bonchev–Trinajstić information content (AvgIpc) is 2.94. The number of benzene rings is 1. The molecule has 6 heteroatoms. The fourth-order valence-electron chi connectivity index (χ4n) is 2.80. The zero-order chi connectivity index (χ0) is 16.2. The Balaban J connectivity index is 1.61. The van der Waals surface area contributed by atoms with Crippen molar-refractivity contribution in [3.63, 3.8) is 0 Å². The second-order valence-corrected chi connectivity index (χ2v) is 5.89. The van der Waals surface area contributed by atoms with Gasteiger partial charge in [0, 0.05) is 31.4 Å². The summed E-state index contributed by atoms with van der Waals surface area (Å²) in [7, 11) is 0. The molecule has 1 aromatic carbocycles. The van der Waals surface area contributed by atoms with Crippen molar-refractivity contribution >= 4 is 0 Å². The average molecular weight is 314 g/mol. The highest BCUT2D eigenvalue weighted by Crippen LogP contribution is 2.15. The summed E-state index contributed by atoms with van der Waals surface area (Å²) in [5.41, 5.74) is 2.08. The third kappa shape index (κ3) is 3.95. The zero-order valence-corrected chi connectivity index (χ0v) is 13.1. The molecule has 1 aromatic heterocycles. The topological polar surface area (TPSA) is 54.1 Å². The number of hydrogen-bond acceptors (Lipinski definition) is 4. The molecule has 1 unspecified atom stereocenters. The highest BCUT2D eigenvalue weighted by Gasteiger charge is 2.22. The molecule has 1 fully saturated rings. The van der Waals surface area contributed by atoms with Crippen LogP contribution in [0.2, 0.25) is 0 Å². The van der Waals surface area contributed by atoms with Crippen LogP contribution in [0.5, 0.6) is 0 Å². The molecule has 2 heterocycles. The molecular weight excluding hydrogens is 295 g/mol. The standard InChI is InChI=1S/C17H19FN4O/c1-13-8-20-22(9-13)12-16-11-21(4-5-23-16)10-15-3-2-14(7-19)6-17(15)18/h2-3,6,8-9,16H,4-5,10-12H2,1H3. The van der Waals surface area contributed by atoms with Gasteiger partial charge < -0.3 is 4.74 Å². The van der Waals surface area contributed by atoms with Crippen molar-refractivity contribution < 1.29 is 9.13 Å². The Hall–Kier alpha value is -2.23. The quantitative estimate of drug-likeness (QED) is 0.867. The molecule has 0 spiro atoms. The molecule has 120 valence electrons. The van der Waals surface area contributed by atoms with Crippen molar-refractivity contribution in [3.05, 3.63) is 53.1 Å². The molecule has 1 aliphatic heterocycles. The largest absolute Gasteiger partial charge is 0.374 e. The minimum absolute atomic E-state index is 0.0458. The second kappa shape index (κ2) is 6.90. The van der Waals surface area contributed by atoms with Crippen molar-refractivity contribution in [2.75, 3.05) is 19.7 Å². The molecule has 0 amide bonds. The van der Waals surface area contributed by atoms with Crippen LogP contribution in [0.4, 0.5) is 4.39 Å². The van der Waals surface area contributed by atoms with E-state index in [0.717, 1.165) is 18.7 Å². The van der Waals surface area contributed by atoms with Crippen LogP contribution in [-0.4, -0.2) is 40.5 Å². The van der Waals surface area contributed by atoms with Gasteiger partial charge in [0.2, 0.25) is 0 Å². The molecule has 0 radical (unpaired) electrons. The smallest absolute Gasteiger partial charge is 0.129 e. The molecule has 3 rings (SSSR count). The van der Waals surface area contributed by atoms with Crippen molar-refractivity contribution in [2.24, 2.45) is 0 Å². The van der Waals surface area contributed by atoms with E-state index in [0.29, 0.717) is 30.8 Å². The molecule has 0 aliphatic carbocycles. The fourth-order valence-corrected chi connectivity index (χ4v) is 2.80. The van der Waals surface area contributed by atoms with Gasteiger partial charge in [0.05, 0.1) is 37.1 Å². The summed E-state index contributed by atoms with van der Waals surface area (Å²) in [5, 5.41) is 13.1. The lowest BCUT2D eigenvalue weighted by Gasteiger charge is -2.33. The summed E-state index contributed by atoms with van der Waals surface area (Å²) >= 11 is 0. The van der Waals surface area contributed by atoms with Gasteiger partial charge in [-0.05, 0) is 24.6 Å². The molecule has 0 saturated carbocycles. The Kier molecular flexibility index (Phi) is 4.70. The first-order valence-electron chi connectivity index (χ1n) is 7.65. The van der Waals surface area contributed by atoms with Crippen LogP contribution in [0.1, 0.15) is 16.7 Å². The lowest BCUT2D eigenvalue weighted by Crippen LogP contribution is -2.43. The summed E-state index contributed by atoms with van der Waals surface area (Å²) in [4.78, 5) is 2.18. The van der Waals surface area contributed by atoms with E-state index in [1.165, 1.54) is 6.07 Å². The number of halogens is 1. The van der Waals surface area contributed by atoms with Crippen LogP contribution >= 0.6 is 0 Å².